The monoisotopic (exact) mass is 100 g/mol. The Morgan fingerprint density at radius 1 is 1.71 bits per heavy atom. The first-order valence-electron chi connectivity index (χ1n) is 1.95. The lowest BCUT2D eigenvalue weighted by atomic mass is 10.9. The van der Waals surface area contributed by atoms with Crippen LogP contribution in [-0.4, -0.2) is 31.3 Å². The summed E-state index contributed by atoms with van der Waals surface area (Å²) < 4.78 is 1.69. The summed E-state index contributed by atoms with van der Waals surface area (Å²) in [7, 11) is 3.62. The van der Waals surface area contributed by atoms with Crippen LogP contribution in [0.3, 0.4) is 0 Å². The van der Waals surface area contributed by atoms with Gasteiger partial charge in [-0.05, 0) is 0 Å². The first-order valence-corrected chi connectivity index (χ1v) is 1.95. The lowest BCUT2D eigenvalue weighted by Crippen LogP contribution is -2.19. The van der Waals surface area contributed by atoms with Gasteiger partial charge in [0, 0.05) is 0 Å². The molecule has 0 aromatic carbocycles. The lowest BCUT2D eigenvalue weighted by Gasteiger charge is -1.85. The lowest BCUT2D eigenvalue weighted by molar-refractivity contribution is -0.466. The molecule has 0 radical (unpaired) electrons. The summed E-state index contributed by atoms with van der Waals surface area (Å²) in [6, 6.07) is 0. The van der Waals surface area contributed by atoms with Gasteiger partial charge < -0.3 is 0 Å². The SMILES string of the molecule is C=NC(N)=[N+](C)C. The van der Waals surface area contributed by atoms with Crippen LogP contribution in [0.1, 0.15) is 0 Å². The van der Waals surface area contributed by atoms with E-state index >= 15 is 0 Å². The van der Waals surface area contributed by atoms with Crippen molar-refractivity contribution >= 4 is 12.7 Å². The van der Waals surface area contributed by atoms with Crippen molar-refractivity contribution in [1.82, 2.24) is 0 Å². The van der Waals surface area contributed by atoms with Crippen LogP contribution in [0.4, 0.5) is 0 Å². The summed E-state index contributed by atoms with van der Waals surface area (Å²) in [6.07, 6.45) is 0. The minimum Gasteiger partial charge on any atom is -0.288 e. The van der Waals surface area contributed by atoms with Crippen LogP contribution in [0, 0.1) is 0 Å². The van der Waals surface area contributed by atoms with Gasteiger partial charge >= 0.3 is 5.96 Å². The zero-order chi connectivity index (χ0) is 5.86. The molecule has 0 aromatic rings. The molecule has 0 aliphatic rings. The Hall–Kier alpha value is -0.860. The Balaban J connectivity index is 3.98. The Morgan fingerprint density at radius 3 is 2.14 bits per heavy atom. The van der Waals surface area contributed by atoms with Gasteiger partial charge in [0.2, 0.25) is 0 Å². The quantitative estimate of drug-likeness (QED) is 0.243. The molecule has 3 heteroatoms. The zero-order valence-electron chi connectivity index (χ0n) is 4.68. The largest absolute Gasteiger partial charge is 0.383 e. The van der Waals surface area contributed by atoms with Gasteiger partial charge in [0.25, 0.3) is 0 Å². The zero-order valence-corrected chi connectivity index (χ0v) is 4.68. The maximum atomic E-state index is 5.23. The minimum absolute atomic E-state index is 0.444. The van der Waals surface area contributed by atoms with Crippen LogP contribution in [0.2, 0.25) is 0 Å². The summed E-state index contributed by atoms with van der Waals surface area (Å²) in [4.78, 5) is 3.46. The predicted octanol–water partition coefficient (Wildman–Crippen LogP) is -0.726. The summed E-state index contributed by atoms with van der Waals surface area (Å²) in [5, 5.41) is 0. The molecule has 7 heavy (non-hydrogen) atoms. The molecule has 0 bridgehead atoms. The molecule has 0 amide bonds. The van der Waals surface area contributed by atoms with Gasteiger partial charge in [-0.3, -0.25) is 10.3 Å². The highest BCUT2D eigenvalue weighted by Crippen LogP contribution is 1.60. The molecule has 0 spiro atoms. The van der Waals surface area contributed by atoms with E-state index in [9.17, 15) is 0 Å². The topological polar surface area (TPSA) is 41.4 Å². The molecule has 3 nitrogen and oxygen atoms in total. The highest BCUT2D eigenvalue weighted by atomic mass is 15.1. The van der Waals surface area contributed by atoms with Crippen LogP contribution in [-0.2, 0) is 0 Å². The van der Waals surface area contributed by atoms with E-state index in [-0.39, 0.29) is 0 Å². The molecule has 0 rings (SSSR count). The van der Waals surface area contributed by atoms with E-state index in [1.807, 2.05) is 14.1 Å². The first-order chi connectivity index (χ1) is 3.18. The van der Waals surface area contributed by atoms with E-state index in [4.69, 9.17) is 5.73 Å². The van der Waals surface area contributed by atoms with Crippen molar-refractivity contribution in [2.75, 3.05) is 14.1 Å². The van der Waals surface area contributed by atoms with Crippen LogP contribution >= 0.6 is 0 Å². The predicted molar refractivity (Wildman–Crippen MR) is 30.9 cm³/mol. The van der Waals surface area contributed by atoms with Crippen molar-refractivity contribution in [3.63, 3.8) is 0 Å². The minimum atomic E-state index is 0.444. The van der Waals surface area contributed by atoms with Crippen molar-refractivity contribution in [3.8, 4) is 0 Å². The average Bonchev–Trinajstić information content (AvgIpc) is 1.65. The van der Waals surface area contributed by atoms with Gasteiger partial charge in [0.1, 0.15) is 0 Å². The van der Waals surface area contributed by atoms with Crippen molar-refractivity contribution in [3.05, 3.63) is 0 Å². The molecule has 0 saturated carbocycles. The van der Waals surface area contributed by atoms with Crippen molar-refractivity contribution in [2.24, 2.45) is 10.7 Å². The van der Waals surface area contributed by atoms with E-state index in [0.29, 0.717) is 5.96 Å². The van der Waals surface area contributed by atoms with Crippen molar-refractivity contribution < 1.29 is 4.58 Å². The Morgan fingerprint density at radius 2 is 2.14 bits per heavy atom. The molecule has 40 valence electrons. The number of nitrogens with two attached hydrogens (primary N) is 1. The normalized spacial score (nSPS) is 7.71. The molecule has 0 saturated heterocycles. The third kappa shape index (κ3) is 1.92. The highest BCUT2D eigenvalue weighted by Gasteiger charge is 1.90. The fourth-order valence-electron chi connectivity index (χ4n) is 0.141. The molecular formula is C4H10N3+. The number of guanidine groups is 1. The van der Waals surface area contributed by atoms with Crippen LogP contribution in [0.15, 0.2) is 4.99 Å². The summed E-state index contributed by atoms with van der Waals surface area (Å²) in [5.74, 6) is 0.444. The van der Waals surface area contributed by atoms with Gasteiger partial charge in [0.05, 0.1) is 20.8 Å². The molecule has 0 fully saturated rings. The average molecular weight is 100 g/mol. The van der Waals surface area contributed by atoms with Crippen LogP contribution in [0.25, 0.3) is 0 Å². The molecule has 0 aromatic heterocycles. The van der Waals surface area contributed by atoms with Gasteiger partial charge in [-0.15, -0.1) is 0 Å². The number of nitrogens with zero attached hydrogens (tertiary/aromatic N) is 2. The number of hydrogen-bond donors (Lipinski definition) is 1. The smallest absolute Gasteiger partial charge is 0.288 e. The van der Waals surface area contributed by atoms with Crippen molar-refractivity contribution in [1.29, 1.82) is 0 Å². The molecule has 0 atom stereocenters. The van der Waals surface area contributed by atoms with Gasteiger partial charge in [-0.25, -0.2) is 0 Å². The molecule has 0 heterocycles. The molecule has 0 unspecified atom stereocenters. The molecular weight excluding hydrogens is 90.1 g/mol. The van der Waals surface area contributed by atoms with Crippen LogP contribution < -0.4 is 5.73 Å². The number of hydrogen-bond acceptors (Lipinski definition) is 0. The highest BCUT2D eigenvalue weighted by molar-refractivity contribution is 5.77. The second kappa shape index (κ2) is 2.34. The van der Waals surface area contributed by atoms with E-state index < -0.39 is 0 Å². The standard InChI is InChI=1S/C4H9N3/c1-6-4(5)7(2)3/h5H,1H2,2-3H3/p+1. The second-order valence-electron chi connectivity index (χ2n) is 1.41. The van der Waals surface area contributed by atoms with E-state index in [1.165, 1.54) is 0 Å². The fraction of sp³-hybridized carbons (Fsp3) is 0.500. The van der Waals surface area contributed by atoms with Gasteiger partial charge in [-0.2, -0.15) is 0 Å². The summed E-state index contributed by atoms with van der Waals surface area (Å²) in [6.45, 7) is 3.23. The number of rotatable bonds is 0. The van der Waals surface area contributed by atoms with E-state index in [1.54, 1.807) is 4.58 Å². The van der Waals surface area contributed by atoms with Crippen molar-refractivity contribution in [2.45, 2.75) is 0 Å². The fourth-order valence-corrected chi connectivity index (χ4v) is 0.141. The Kier molecular flexibility index (Phi) is 2.05. The maximum Gasteiger partial charge on any atom is 0.383 e. The summed E-state index contributed by atoms with van der Waals surface area (Å²) in [5.41, 5.74) is 5.23. The third-order valence-electron chi connectivity index (χ3n) is 0.620. The Bertz CT molecular complexity index is 99.5. The van der Waals surface area contributed by atoms with Gasteiger partial charge in [-0.1, -0.05) is 4.99 Å². The Labute approximate surface area is 43.2 Å². The molecule has 2 N–H and O–H groups in total. The molecule has 0 aliphatic heterocycles. The second-order valence-corrected chi connectivity index (χ2v) is 1.41. The number of aliphatic imine (C=N–C) groups is 1. The van der Waals surface area contributed by atoms with Crippen LogP contribution in [0.5, 0.6) is 0 Å². The van der Waals surface area contributed by atoms with Gasteiger partial charge in [0.15, 0.2) is 0 Å². The first kappa shape index (κ1) is 6.14. The van der Waals surface area contributed by atoms with E-state index in [2.05, 4.69) is 11.7 Å². The maximum absolute atomic E-state index is 5.23. The van der Waals surface area contributed by atoms with E-state index in [0.717, 1.165) is 0 Å². The summed E-state index contributed by atoms with van der Waals surface area (Å²) >= 11 is 0. The third-order valence-corrected chi connectivity index (χ3v) is 0.620. The molecule has 0 aliphatic carbocycles.